The number of fused-ring (bicyclic) bond motifs is 1. The Morgan fingerprint density at radius 1 is 1.08 bits per heavy atom. The summed E-state index contributed by atoms with van der Waals surface area (Å²) in [6.07, 6.45) is 3.36. The van der Waals surface area contributed by atoms with Crippen molar-refractivity contribution in [2.75, 3.05) is 19.6 Å². The summed E-state index contributed by atoms with van der Waals surface area (Å²) in [6.45, 7) is 0. The SMILES string of the molecule is COc1cc(/C=N/Nc2cccc3cccnc23)cc(OC)c1O. The molecule has 6 heteroatoms. The normalized spacial score (nSPS) is 10.9. The predicted octanol–water partition coefficient (Wildman–Crippen LogP) is 3.40. The van der Waals surface area contributed by atoms with E-state index in [2.05, 4.69) is 15.5 Å². The lowest BCUT2D eigenvalue weighted by molar-refractivity contribution is 0.340. The summed E-state index contributed by atoms with van der Waals surface area (Å²) in [7, 11) is 2.96. The Hall–Kier alpha value is -3.28. The number of anilines is 1. The Bertz CT molecular complexity index is 863. The van der Waals surface area contributed by atoms with Crippen LogP contribution in [0.2, 0.25) is 0 Å². The van der Waals surface area contributed by atoms with E-state index in [9.17, 15) is 5.11 Å². The minimum absolute atomic E-state index is 0.0386. The van der Waals surface area contributed by atoms with Gasteiger partial charge >= 0.3 is 0 Å². The van der Waals surface area contributed by atoms with E-state index in [1.165, 1.54) is 14.2 Å². The van der Waals surface area contributed by atoms with Crippen molar-refractivity contribution in [2.45, 2.75) is 0 Å². The van der Waals surface area contributed by atoms with Gasteiger partial charge in [-0.3, -0.25) is 10.4 Å². The highest BCUT2D eigenvalue weighted by Crippen LogP contribution is 2.36. The van der Waals surface area contributed by atoms with Gasteiger partial charge in [-0.2, -0.15) is 5.10 Å². The number of hydrogen-bond acceptors (Lipinski definition) is 6. The van der Waals surface area contributed by atoms with Crippen LogP contribution in [0, 0.1) is 0 Å². The molecule has 2 aromatic carbocycles. The molecule has 0 aliphatic carbocycles. The third-order valence-corrected chi connectivity index (χ3v) is 3.53. The third-order valence-electron chi connectivity index (χ3n) is 3.53. The summed E-state index contributed by atoms with van der Waals surface area (Å²) in [6, 6.07) is 13.1. The van der Waals surface area contributed by atoms with Crippen LogP contribution in [0.3, 0.4) is 0 Å². The van der Waals surface area contributed by atoms with Gasteiger partial charge in [-0.05, 0) is 24.3 Å². The maximum absolute atomic E-state index is 9.92. The Balaban J connectivity index is 1.86. The van der Waals surface area contributed by atoms with Gasteiger partial charge in [0.2, 0.25) is 5.75 Å². The molecule has 1 heterocycles. The molecule has 3 aromatic rings. The Morgan fingerprint density at radius 3 is 2.50 bits per heavy atom. The second kappa shape index (κ2) is 6.87. The molecule has 0 aliphatic rings. The maximum atomic E-state index is 9.92. The number of aromatic hydroxyl groups is 1. The molecule has 0 unspecified atom stereocenters. The van der Waals surface area contributed by atoms with Crippen molar-refractivity contribution in [1.82, 2.24) is 4.98 Å². The molecule has 122 valence electrons. The fourth-order valence-corrected chi connectivity index (χ4v) is 2.36. The van der Waals surface area contributed by atoms with Gasteiger partial charge in [0.25, 0.3) is 0 Å². The lowest BCUT2D eigenvalue weighted by Crippen LogP contribution is -1.95. The molecule has 0 fully saturated rings. The number of para-hydroxylation sites is 1. The first-order chi connectivity index (χ1) is 11.7. The van der Waals surface area contributed by atoms with Crippen LogP contribution < -0.4 is 14.9 Å². The van der Waals surface area contributed by atoms with Gasteiger partial charge < -0.3 is 14.6 Å². The molecule has 2 N–H and O–H groups in total. The molecular formula is C18H17N3O3. The highest BCUT2D eigenvalue weighted by Gasteiger charge is 2.10. The Kier molecular flexibility index (Phi) is 4.47. The fourth-order valence-electron chi connectivity index (χ4n) is 2.36. The number of benzene rings is 2. The largest absolute Gasteiger partial charge is 0.502 e. The van der Waals surface area contributed by atoms with Crippen molar-refractivity contribution in [3.63, 3.8) is 0 Å². The van der Waals surface area contributed by atoms with E-state index in [0.717, 1.165) is 22.2 Å². The molecule has 0 saturated carbocycles. The minimum atomic E-state index is -0.0386. The smallest absolute Gasteiger partial charge is 0.200 e. The van der Waals surface area contributed by atoms with Crippen molar-refractivity contribution in [3.8, 4) is 17.2 Å². The highest BCUT2D eigenvalue weighted by molar-refractivity contribution is 5.91. The minimum Gasteiger partial charge on any atom is -0.502 e. The van der Waals surface area contributed by atoms with Crippen LogP contribution >= 0.6 is 0 Å². The van der Waals surface area contributed by atoms with Gasteiger partial charge in [0.05, 0.1) is 31.6 Å². The monoisotopic (exact) mass is 323 g/mol. The quantitative estimate of drug-likeness (QED) is 0.556. The van der Waals surface area contributed by atoms with Crippen LogP contribution in [0.25, 0.3) is 10.9 Å². The summed E-state index contributed by atoms with van der Waals surface area (Å²) in [5.41, 5.74) is 5.37. The lowest BCUT2D eigenvalue weighted by atomic mass is 10.2. The summed E-state index contributed by atoms with van der Waals surface area (Å²) in [5, 5.41) is 15.2. The molecule has 0 atom stereocenters. The second-order valence-electron chi connectivity index (χ2n) is 5.02. The zero-order chi connectivity index (χ0) is 16.9. The van der Waals surface area contributed by atoms with Crippen LogP contribution in [-0.4, -0.2) is 30.5 Å². The van der Waals surface area contributed by atoms with E-state index in [1.807, 2.05) is 30.3 Å². The summed E-state index contributed by atoms with van der Waals surface area (Å²) in [5.74, 6) is 0.605. The van der Waals surface area contributed by atoms with E-state index in [4.69, 9.17) is 9.47 Å². The highest BCUT2D eigenvalue weighted by atomic mass is 16.5. The number of phenols is 1. The molecule has 0 spiro atoms. The summed E-state index contributed by atoms with van der Waals surface area (Å²) in [4.78, 5) is 4.36. The first-order valence-corrected chi connectivity index (χ1v) is 7.30. The van der Waals surface area contributed by atoms with Crippen molar-refractivity contribution in [2.24, 2.45) is 5.10 Å². The third kappa shape index (κ3) is 3.08. The lowest BCUT2D eigenvalue weighted by Gasteiger charge is -2.09. The molecule has 6 nitrogen and oxygen atoms in total. The molecule has 3 rings (SSSR count). The molecule has 0 aliphatic heterocycles. The van der Waals surface area contributed by atoms with Gasteiger partial charge in [-0.15, -0.1) is 0 Å². The van der Waals surface area contributed by atoms with Crippen LogP contribution in [0.1, 0.15) is 5.56 Å². The van der Waals surface area contributed by atoms with Crippen LogP contribution in [-0.2, 0) is 0 Å². The van der Waals surface area contributed by atoms with E-state index in [-0.39, 0.29) is 5.75 Å². The number of hydrogen-bond donors (Lipinski definition) is 2. The van der Waals surface area contributed by atoms with Crippen LogP contribution in [0.15, 0.2) is 53.8 Å². The molecule has 0 radical (unpaired) electrons. The number of nitrogens with one attached hydrogen (secondary N) is 1. The molecule has 24 heavy (non-hydrogen) atoms. The van der Waals surface area contributed by atoms with E-state index < -0.39 is 0 Å². The summed E-state index contributed by atoms with van der Waals surface area (Å²) < 4.78 is 10.3. The van der Waals surface area contributed by atoms with Crippen molar-refractivity contribution in [1.29, 1.82) is 0 Å². The van der Waals surface area contributed by atoms with E-state index >= 15 is 0 Å². The topological polar surface area (TPSA) is 76.0 Å². The number of aromatic nitrogens is 1. The van der Waals surface area contributed by atoms with Crippen molar-refractivity contribution >= 4 is 22.8 Å². The van der Waals surface area contributed by atoms with Gasteiger partial charge in [0.15, 0.2) is 11.5 Å². The van der Waals surface area contributed by atoms with Gasteiger partial charge in [0, 0.05) is 17.1 Å². The number of rotatable bonds is 5. The number of phenolic OH excluding ortho intramolecular Hbond substituents is 1. The molecule has 0 saturated heterocycles. The zero-order valence-electron chi connectivity index (χ0n) is 13.4. The van der Waals surface area contributed by atoms with E-state index in [0.29, 0.717) is 11.5 Å². The maximum Gasteiger partial charge on any atom is 0.200 e. The van der Waals surface area contributed by atoms with E-state index in [1.54, 1.807) is 24.5 Å². The number of methoxy groups -OCH3 is 2. The Morgan fingerprint density at radius 2 is 1.79 bits per heavy atom. The first-order valence-electron chi connectivity index (χ1n) is 7.30. The number of nitrogens with zero attached hydrogens (tertiary/aromatic N) is 2. The van der Waals surface area contributed by atoms with Crippen molar-refractivity contribution in [3.05, 3.63) is 54.2 Å². The van der Waals surface area contributed by atoms with Crippen LogP contribution in [0.5, 0.6) is 17.2 Å². The number of ether oxygens (including phenoxy) is 2. The fraction of sp³-hybridized carbons (Fsp3) is 0.111. The number of hydrazone groups is 1. The Labute approximate surface area is 139 Å². The van der Waals surface area contributed by atoms with Gasteiger partial charge in [-0.25, -0.2) is 0 Å². The second-order valence-corrected chi connectivity index (χ2v) is 5.02. The van der Waals surface area contributed by atoms with Gasteiger partial charge in [-0.1, -0.05) is 18.2 Å². The van der Waals surface area contributed by atoms with Gasteiger partial charge in [0.1, 0.15) is 0 Å². The number of pyridine rings is 1. The molecule has 0 bridgehead atoms. The standard InChI is InChI=1S/C18H17N3O3/c1-23-15-9-12(10-16(24-2)18(15)22)11-20-21-14-7-3-5-13-6-4-8-19-17(13)14/h3-11,21-22H,1-2H3/b20-11+. The van der Waals surface area contributed by atoms with Crippen LogP contribution in [0.4, 0.5) is 5.69 Å². The first kappa shape index (κ1) is 15.6. The van der Waals surface area contributed by atoms with Crippen molar-refractivity contribution < 1.29 is 14.6 Å². The summed E-state index contributed by atoms with van der Waals surface area (Å²) >= 11 is 0. The average molecular weight is 323 g/mol. The average Bonchev–Trinajstić information content (AvgIpc) is 2.63. The predicted molar refractivity (Wildman–Crippen MR) is 94.2 cm³/mol. The molecule has 0 amide bonds. The zero-order valence-corrected chi connectivity index (χ0v) is 13.4. The molecular weight excluding hydrogens is 306 g/mol. The molecule has 1 aromatic heterocycles.